The molecule has 80 valence electrons. The summed E-state index contributed by atoms with van der Waals surface area (Å²) in [6.45, 7) is 0.251. The predicted molar refractivity (Wildman–Crippen MR) is 64.9 cm³/mol. The van der Waals surface area contributed by atoms with Crippen molar-refractivity contribution in [3.8, 4) is 10.6 Å². The Kier molecular flexibility index (Phi) is 2.81. The SMILES string of the molecule is Cn1[nH]c(-c2cc(Br)cs2)c(CN)c1=O. The van der Waals surface area contributed by atoms with Crippen molar-refractivity contribution in [2.45, 2.75) is 6.54 Å². The van der Waals surface area contributed by atoms with Crippen LogP contribution in [0.1, 0.15) is 5.56 Å². The van der Waals surface area contributed by atoms with Crippen LogP contribution in [0.5, 0.6) is 0 Å². The fourth-order valence-corrected chi connectivity index (χ4v) is 2.88. The Morgan fingerprint density at radius 2 is 2.40 bits per heavy atom. The highest BCUT2D eigenvalue weighted by Crippen LogP contribution is 2.29. The van der Waals surface area contributed by atoms with Gasteiger partial charge in [0.05, 0.1) is 16.1 Å². The monoisotopic (exact) mass is 287 g/mol. The van der Waals surface area contributed by atoms with E-state index in [1.807, 2.05) is 11.4 Å². The molecule has 0 saturated carbocycles. The molecule has 6 heteroatoms. The third kappa shape index (κ3) is 1.80. The molecule has 0 saturated heterocycles. The van der Waals surface area contributed by atoms with E-state index < -0.39 is 0 Å². The summed E-state index contributed by atoms with van der Waals surface area (Å²) in [6.07, 6.45) is 0. The topological polar surface area (TPSA) is 63.8 Å². The van der Waals surface area contributed by atoms with Crippen LogP contribution in [0.15, 0.2) is 20.7 Å². The van der Waals surface area contributed by atoms with E-state index in [1.165, 1.54) is 4.68 Å². The fraction of sp³-hybridized carbons (Fsp3) is 0.222. The number of rotatable bonds is 2. The second-order valence-electron chi connectivity index (χ2n) is 3.16. The van der Waals surface area contributed by atoms with E-state index in [4.69, 9.17) is 5.73 Å². The van der Waals surface area contributed by atoms with Gasteiger partial charge in [-0.3, -0.25) is 14.6 Å². The Labute approximate surface area is 98.8 Å². The lowest BCUT2D eigenvalue weighted by molar-refractivity contribution is 0.740. The molecule has 0 unspecified atom stereocenters. The van der Waals surface area contributed by atoms with E-state index in [2.05, 4.69) is 21.0 Å². The quantitative estimate of drug-likeness (QED) is 0.882. The zero-order valence-electron chi connectivity index (χ0n) is 8.08. The van der Waals surface area contributed by atoms with Gasteiger partial charge < -0.3 is 5.73 Å². The van der Waals surface area contributed by atoms with Gasteiger partial charge in [-0.25, -0.2) is 0 Å². The number of nitrogens with zero attached hydrogens (tertiary/aromatic N) is 1. The summed E-state index contributed by atoms with van der Waals surface area (Å²) in [7, 11) is 1.69. The molecule has 0 fully saturated rings. The molecular weight excluding hydrogens is 278 g/mol. The summed E-state index contributed by atoms with van der Waals surface area (Å²) in [5.74, 6) is 0. The molecule has 0 aliphatic rings. The predicted octanol–water partition coefficient (Wildman–Crippen LogP) is 1.66. The summed E-state index contributed by atoms with van der Waals surface area (Å²) in [4.78, 5) is 12.7. The molecule has 2 heterocycles. The smallest absolute Gasteiger partial charge is 0.271 e. The number of halogens is 1. The lowest BCUT2D eigenvalue weighted by Gasteiger charge is -1.94. The normalized spacial score (nSPS) is 10.9. The fourth-order valence-electron chi connectivity index (χ4n) is 1.43. The number of nitrogens with one attached hydrogen (secondary N) is 1. The Bertz CT molecular complexity index is 540. The second kappa shape index (κ2) is 3.96. The van der Waals surface area contributed by atoms with E-state index >= 15 is 0 Å². The molecule has 2 aromatic rings. The van der Waals surface area contributed by atoms with Gasteiger partial charge in [0, 0.05) is 23.4 Å². The van der Waals surface area contributed by atoms with Crippen LogP contribution >= 0.6 is 27.3 Å². The number of hydrogen-bond acceptors (Lipinski definition) is 3. The summed E-state index contributed by atoms with van der Waals surface area (Å²) < 4.78 is 2.46. The van der Waals surface area contributed by atoms with E-state index in [9.17, 15) is 4.79 Å². The van der Waals surface area contributed by atoms with Crippen LogP contribution in [0.4, 0.5) is 0 Å². The van der Waals surface area contributed by atoms with Gasteiger partial charge >= 0.3 is 0 Å². The summed E-state index contributed by atoms with van der Waals surface area (Å²) in [5.41, 5.74) is 6.96. The van der Waals surface area contributed by atoms with Gasteiger partial charge in [0.2, 0.25) is 0 Å². The first-order chi connectivity index (χ1) is 7.13. The number of nitrogens with two attached hydrogens (primary N) is 1. The number of H-pyrrole nitrogens is 1. The van der Waals surface area contributed by atoms with Gasteiger partial charge in [-0.2, -0.15) is 0 Å². The molecule has 4 nitrogen and oxygen atoms in total. The van der Waals surface area contributed by atoms with Gasteiger partial charge in [0.25, 0.3) is 5.56 Å². The zero-order valence-corrected chi connectivity index (χ0v) is 10.5. The zero-order chi connectivity index (χ0) is 11.0. The average Bonchev–Trinajstić information content (AvgIpc) is 2.73. The maximum Gasteiger partial charge on any atom is 0.271 e. The number of thiophene rings is 1. The van der Waals surface area contributed by atoms with Crippen molar-refractivity contribution in [1.82, 2.24) is 9.78 Å². The Hall–Kier alpha value is -0.850. The molecule has 0 amide bonds. The van der Waals surface area contributed by atoms with Crippen molar-refractivity contribution < 1.29 is 0 Å². The first kappa shape index (κ1) is 10.7. The van der Waals surface area contributed by atoms with Gasteiger partial charge in [0.1, 0.15) is 0 Å². The van der Waals surface area contributed by atoms with Crippen LogP contribution in [0.2, 0.25) is 0 Å². The van der Waals surface area contributed by atoms with Crippen molar-refractivity contribution >= 4 is 27.3 Å². The molecule has 0 aliphatic heterocycles. The standard InChI is InChI=1S/C9H10BrN3OS/c1-13-9(14)6(3-11)8(12-13)7-2-5(10)4-15-7/h2,4,12H,3,11H2,1H3. The van der Waals surface area contributed by atoms with Crippen molar-refractivity contribution in [2.75, 3.05) is 0 Å². The number of hydrogen-bond donors (Lipinski definition) is 2. The lowest BCUT2D eigenvalue weighted by Crippen LogP contribution is -2.17. The molecule has 0 atom stereocenters. The van der Waals surface area contributed by atoms with Crippen LogP contribution in [-0.4, -0.2) is 9.78 Å². The molecular formula is C9H10BrN3OS. The first-order valence-electron chi connectivity index (χ1n) is 4.36. The molecule has 15 heavy (non-hydrogen) atoms. The van der Waals surface area contributed by atoms with Crippen molar-refractivity contribution in [3.05, 3.63) is 31.8 Å². The Morgan fingerprint density at radius 1 is 1.67 bits per heavy atom. The van der Waals surface area contributed by atoms with Gasteiger partial charge in [-0.1, -0.05) is 0 Å². The summed E-state index contributed by atoms with van der Waals surface area (Å²) in [5, 5.41) is 4.98. The lowest BCUT2D eigenvalue weighted by atomic mass is 10.2. The highest BCUT2D eigenvalue weighted by atomic mass is 79.9. The minimum atomic E-state index is -0.0583. The summed E-state index contributed by atoms with van der Waals surface area (Å²) >= 11 is 4.95. The highest BCUT2D eigenvalue weighted by Gasteiger charge is 2.13. The molecule has 2 aromatic heterocycles. The van der Waals surface area contributed by atoms with Gasteiger partial charge in [-0.05, 0) is 22.0 Å². The molecule has 3 N–H and O–H groups in total. The van der Waals surface area contributed by atoms with Crippen molar-refractivity contribution in [1.29, 1.82) is 0 Å². The second-order valence-corrected chi connectivity index (χ2v) is 4.99. The molecule has 0 aliphatic carbocycles. The Morgan fingerprint density at radius 3 is 2.93 bits per heavy atom. The molecule has 0 bridgehead atoms. The molecule has 0 radical (unpaired) electrons. The van der Waals surface area contributed by atoms with E-state index in [0.717, 1.165) is 15.0 Å². The van der Waals surface area contributed by atoms with Crippen LogP contribution in [0.25, 0.3) is 10.6 Å². The number of aryl methyl sites for hydroxylation is 1. The molecule has 0 aromatic carbocycles. The molecule has 0 spiro atoms. The largest absolute Gasteiger partial charge is 0.326 e. The van der Waals surface area contributed by atoms with Crippen molar-refractivity contribution in [3.63, 3.8) is 0 Å². The van der Waals surface area contributed by atoms with E-state index in [1.54, 1.807) is 18.4 Å². The van der Waals surface area contributed by atoms with Crippen LogP contribution in [0, 0.1) is 0 Å². The maximum absolute atomic E-state index is 11.6. The van der Waals surface area contributed by atoms with Crippen molar-refractivity contribution in [2.24, 2.45) is 12.8 Å². The van der Waals surface area contributed by atoms with E-state index in [-0.39, 0.29) is 12.1 Å². The van der Waals surface area contributed by atoms with Crippen LogP contribution < -0.4 is 11.3 Å². The number of aromatic nitrogens is 2. The first-order valence-corrected chi connectivity index (χ1v) is 6.03. The third-order valence-electron chi connectivity index (χ3n) is 2.16. The van der Waals surface area contributed by atoms with Crippen LogP contribution in [0.3, 0.4) is 0 Å². The maximum atomic E-state index is 11.6. The van der Waals surface area contributed by atoms with Gasteiger partial charge in [0.15, 0.2) is 0 Å². The minimum Gasteiger partial charge on any atom is -0.326 e. The highest BCUT2D eigenvalue weighted by molar-refractivity contribution is 9.10. The molecule has 2 rings (SSSR count). The minimum absolute atomic E-state index is 0.0583. The average molecular weight is 288 g/mol. The third-order valence-corrected chi connectivity index (χ3v) is 3.87. The number of aromatic amines is 1. The van der Waals surface area contributed by atoms with Crippen LogP contribution in [-0.2, 0) is 13.6 Å². The Balaban J connectivity index is 2.62. The van der Waals surface area contributed by atoms with E-state index in [0.29, 0.717) is 5.56 Å². The van der Waals surface area contributed by atoms with Gasteiger partial charge in [-0.15, -0.1) is 11.3 Å². The summed E-state index contributed by atoms with van der Waals surface area (Å²) in [6, 6.07) is 1.97.